The first-order chi connectivity index (χ1) is 15.0. The van der Waals surface area contributed by atoms with Gasteiger partial charge in [-0.15, -0.1) is 0 Å². The summed E-state index contributed by atoms with van der Waals surface area (Å²) in [6.07, 6.45) is 5.78. The van der Waals surface area contributed by atoms with Crippen molar-refractivity contribution in [2.75, 3.05) is 19.7 Å². The summed E-state index contributed by atoms with van der Waals surface area (Å²) in [7, 11) is 0. The fourth-order valence-electron chi connectivity index (χ4n) is 5.93. The number of carboxylic acids is 1. The molecule has 2 aromatic carbocycles. The number of nitrogens with zero attached hydrogens (tertiary/aromatic N) is 1. The highest BCUT2D eigenvalue weighted by Crippen LogP contribution is 2.52. The number of aromatic carboxylic acids is 1. The molecule has 1 saturated heterocycles. The Kier molecular flexibility index (Phi) is 5.17. The lowest BCUT2D eigenvalue weighted by Gasteiger charge is -2.56. The van der Waals surface area contributed by atoms with Gasteiger partial charge in [-0.3, -0.25) is 4.90 Å². The van der Waals surface area contributed by atoms with Gasteiger partial charge in [0.15, 0.2) is 0 Å². The van der Waals surface area contributed by atoms with Gasteiger partial charge in [0.05, 0.1) is 12.2 Å². The lowest BCUT2D eigenvalue weighted by Crippen LogP contribution is -2.59. The molecule has 5 rings (SSSR count). The minimum Gasteiger partial charge on any atom is -0.508 e. The quantitative estimate of drug-likeness (QED) is 0.690. The Morgan fingerprint density at radius 3 is 2.68 bits per heavy atom. The molecule has 3 aliphatic rings. The van der Waals surface area contributed by atoms with Gasteiger partial charge in [-0.25, -0.2) is 4.79 Å². The van der Waals surface area contributed by atoms with Crippen LogP contribution in [0.4, 0.5) is 0 Å². The Hall–Kier alpha value is -2.53. The topological polar surface area (TPSA) is 70.0 Å². The number of carbonyl (C=O) groups is 1. The van der Waals surface area contributed by atoms with Crippen LogP contribution in [0.25, 0.3) is 0 Å². The molecule has 0 unspecified atom stereocenters. The fourth-order valence-corrected chi connectivity index (χ4v) is 5.93. The van der Waals surface area contributed by atoms with Crippen LogP contribution in [0.3, 0.4) is 0 Å². The Labute approximate surface area is 183 Å². The summed E-state index contributed by atoms with van der Waals surface area (Å²) in [6, 6.07) is 13.1. The first-order valence-corrected chi connectivity index (χ1v) is 11.5. The standard InChI is InChI=1S/C26H31NO4/c1-17-24-14-20-4-7-21(28)15-23(20)26(17,10-12-27(24)16-18-2-3-18)11-13-31-22-8-5-19(6-9-22)25(29)30/h4-9,15,17-18,24,28H,2-3,10-14,16H2,1H3,(H,29,30)/t17-,24+,26-/m0/s1. The lowest BCUT2D eigenvalue weighted by molar-refractivity contribution is 0.00988. The molecule has 2 aromatic rings. The van der Waals surface area contributed by atoms with Crippen molar-refractivity contribution in [3.8, 4) is 11.5 Å². The molecule has 2 N–H and O–H groups in total. The number of piperidine rings is 1. The molecule has 1 heterocycles. The van der Waals surface area contributed by atoms with Crippen LogP contribution in [0.15, 0.2) is 42.5 Å². The second-order valence-electron chi connectivity index (χ2n) is 9.67. The highest BCUT2D eigenvalue weighted by Gasteiger charge is 2.51. The van der Waals surface area contributed by atoms with Crippen LogP contribution in [0.1, 0.15) is 54.1 Å². The Morgan fingerprint density at radius 1 is 1.19 bits per heavy atom. The second kappa shape index (κ2) is 7.86. The lowest BCUT2D eigenvalue weighted by atomic mass is 9.56. The van der Waals surface area contributed by atoms with E-state index >= 15 is 0 Å². The van der Waals surface area contributed by atoms with Crippen LogP contribution in [0.2, 0.25) is 0 Å². The van der Waals surface area contributed by atoms with Gasteiger partial charge < -0.3 is 14.9 Å². The average Bonchev–Trinajstić information content (AvgIpc) is 3.57. The van der Waals surface area contributed by atoms with E-state index in [2.05, 4.69) is 17.9 Å². The van der Waals surface area contributed by atoms with Crippen LogP contribution in [0.5, 0.6) is 11.5 Å². The van der Waals surface area contributed by atoms with Gasteiger partial charge in [0.1, 0.15) is 11.5 Å². The number of phenols is 1. The van der Waals surface area contributed by atoms with E-state index in [0.717, 1.165) is 31.7 Å². The van der Waals surface area contributed by atoms with Crippen molar-refractivity contribution in [3.05, 3.63) is 59.2 Å². The van der Waals surface area contributed by atoms with Gasteiger partial charge in [0, 0.05) is 18.0 Å². The summed E-state index contributed by atoms with van der Waals surface area (Å²) < 4.78 is 6.06. The van der Waals surface area contributed by atoms with Crippen molar-refractivity contribution < 1.29 is 19.7 Å². The molecule has 0 spiro atoms. The largest absolute Gasteiger partial charge is 0.508 e. The number of hydrogen-bond donors (Lipinski definition) is 2. The summed E-state index contributed by atoms with van der Waals surface area (Å²) in [5, 5.41) is 19.3. The number of ether oxygens (including phenoxy) is 1. The molecule has 0 radical (unpaired) electrons. The van der Waals surface area contributed by atoms with Crippen LogP contribution in [0, 0.1) is 11.8 Å². The third-order valence-corrected chi connectivity index (χ3v) is 7.93. The summed E-state index contributed by atoms with van der Waals surface area (Å²) in [5.74, 6) is 1.49. The van der Waals surface area contributed by atoms with Crippen LogP contribution in [-0.2, 0) is 11.8 Å². The third-order valence-electron chi connectivity index (χ3n) is 7.93. The molecule has 3 atom stereocenters. The smallest absolute Gasteiger partial charge is 0.335 e. The Bertz CT molecular complexity index is 968. The molecule has 2 aliphatic carbocycles. The van der Waals surface area contributed by atoms with E-state index in [-0.39, 0.29) is 11.0 Å². The maximum atomic E-state index is 11.1. The van der Waals surface area contributed by atoms with E-state index in [1.165, 1.54) is 30.5 Å². The molecule has 0 amide bonds. The van der Waals surface area contributed by atoms with E-state index in [1.54, 1.807) is 24.3 Å². The van der Waals surface area contributed by atoms with Crippen LogP contribution < -0.4 is 4.74 Å². The van der Waals surface area contributed by atoms with Crippen molar-refractivity contribution in [1.82, 2.24) is 4.90 Å². The molecule has 2 fully saturated rings. The molecule has 0 aromatic heterocycles. The number of benzene rings is 2. The van der Waals surface area contributed by atoms with Gasteiger partial charge in [-0.2, -0.15) is 0 Å². The monoisotopic (exact) mass is 421 g/mol. The van der Waals surface area contributed by atoms with Crippen molar-refractivity contribution in [2.24, 2.45) is 11.8 Å². The normalized spacial score (nSPS) is 27.5. The molecular formula is C26H31NO4. The maximum absolute atomic E-state index is 11.1. The highest BCUT2D eigenvalue weighted by molar-refractivity contribution is 5.87. The van der Waals surface area contributed by atoms with Gasteiger partial charge in [-0.1, -0.05) is 13.0 Å². The molecule has 1 saturated carbocycles. The Balaban J connectivity index is 1.37. The summed E-state index contributed by atoms with van der Waals surface area (Å²) in [5.41, 5.74) is 2.93. The highest BCUT2D eigenvalue weighted by atomic mass is 16.5. The zero-order valence-corrected chi connectivity index (χ0v) is 18.1. The first-order valence-electron chi connectivity index (χ1n) is 11.5. The zero-order chi connectivity index (χ0) is 21.6. The van der Waals surface area contributed by atoms with E-state index < -0.39 is 5.97 Å². The molecule has 164 valence electrons. The Morgan fingerprint density at radius 2 is 1.97 bits per heavy atom. The number of phenolic OH excluding ortho intramolecular Hbond substituents is 1. The summed E-state index contributed by atoms with van der Waals surface area (Å²) >= 11 is 0. The van der Waals surface area contributed by atoms with Crippen molar-refractivity contribution in [1.29, 1.82) is 0 Å². The van der Waals surface area contributed by atoms with E-state index in [9.17, 15) is 9.90 Å². The number of aromatic hydroxyl groups is 1. The summed E-state index contributed by atoms with van der Waals surface area (Å²) in [6.45, 7) is 5.29. The number of likely N-dealkylation sites (tertiary alicyclic amines) is 1. The van der Waals surface area contributed by atoms with E-state index in [0.29, 0.717) is 30.1 Å². The van der Waals surface area contributed by atoms with E-state index in [1.807, 2.05) is 12.1 Å². The minimum absolute atomic E-state index is 0.00194. The minimum atomic E-state index is -0.929. The molecule has 1 aliphatic heterocycles. The molecule has 5 nitrogen and oxygen atoms in total. The van der Waals surface area contributed by atoms with Gasteiger partial charge >= 0.3 is 5.97 Å². The number of rotatable bonds is 7. The number of carboxylic acid groups (broad SMARTS) is 1. The van der Waals surface area contributed by atoms with Crippen molar-refractivity contribution in [3.63, 3.8) is 0 Å². The van der Waals surface area contributed by atoms with Crippen LogP contribution in [-0.4, -0.2) is 46.8 Å². The molecule has 5 heteroatoms. The molecular weight excluding hydrogens is 390 g/mol. The third kappa shape index (κ3) is 3.80. The maximum Gasteiger partial charge on any atom is 0.335 e. The predicted molar refractivity (Wildman–Crippen MR) is 119 cm³/mol. The fraction of sp³-hybridized carbons (Fsp3) is 0.500. The van der Waals surface area contributed by atoms with Crippen molar-refractivity contribution >= 4 is 5.97 Å². The van der Waals surface area contributed by atoms with E-state index in [4.69, 9.17) is 9.84 Å². The molecule has 2 bridgehead atoms. The average molecular weight is 422 g/mol. The van der Waals surface area contributed by atoms with Crippen LogP contribution >= 0.6 is 0 Å². The van der Waals surface area contributed by atoms with Gasteiger partial charge in [0.2, 0.25) is 0 Å². The second-order valence-corrected chi connectivity index (χ2v) is 9.67. The number of hydrogen-bond acceptors (Lipinski definition) is 4. The molecule has 31 heavy (non-hydrogen) atoms. The SMILES string of the molecule is C[C@H]1[C@H]2Cc3ccc(O)cc3[C@]1(CCOc1ccc(C(=O)O)cc1)CCN2CC1CC1. The van der Waals surface area contributed by atoms with Crippen molar-refractivity contribution in [2.45, 2.75) is 50.5 Å². The number of fused-ring (bicyclic) bond motifs is 4. The summed E-state index contributed by atoms with van der Waals surface area (Å²) in [4.78, 5) is 13.8. The zero-order valence-electron chi connectivity index (χ0n) is 18.1. The van der Waals surface area contributed by atoms with Gasteiger partial charge in [-0.05, 0) is 98.0 Å². The predicted octanol–water partition coefficient (Wildman–Crippen LogP) is 4.47. The van der Waals surface area contributed by atoms with Gasteiger partial charge in [0.25, 0.3) is 0 Å². The first kappa shape index (κ1) is 20.4.